The third-order valence-electron chi connectivity index (χ3n) is 2.29. The Hall–Kier alpha value is -1.95. The largest absolute Gasteiger partial charge is 0.479 e. The average Bonchev–Trinajstić information content (AvgIpc) is 2.19. The average molecular weight is 225 g/mol. The molecular formula is C10H11NO5. The predicted molar refractivity (Wildman–Crippen MR) is 55.2 cm³/mol. The lowest BCUT2D eigenvalue weighted by molar-refractivity contribution is -0.385. The molecule has 1 atom stereocenters. The Kier molecular flexibility index (Phi) is 3.24. The molecule has 0 bridgehead atoms. The normalized spacial score (nSPS) is 12.2. The SMILES string of the molecule is Cc1cc(C(O)C(=O)O)c(C)c([N+](=O)[O-])c1. The van der Waals surface area contributed by atoms with E-state index in [1.54, 1.807) is 6.92 Å². The summed E-state index contributed by atoms with van der Waals surface area (Å²) < 4.78 is 0. The van der Waals surface area contributed by atoms with Crippen LogP contribution in [0, 0.1) is 24.0 Å². The second-order valence-corrected chi connectivity index (χ2v) is 3.50. The third-order valence-corrected chi connectivity index (χ3v) is 2.29. The van der Waals surface area contributed by atoms with Crippen molar-refractivity contribution in [3.05, 3.63) is 38.9 Å². The number of hydrogen-bond acceptors (Lipinski definition) is 4. The van der Waals surface area contributed by atoms with Gasteiger partial charge in [0.2, 0.25) is 0 Å². The van der Waals surface area contributed by atoms with Gasteiger partial charge < -0.3 is 10.2 Å². The number of carboxylic acid groups (broad SMARTS) is 1. The van der Waals surface area contributed by atoms with E-state index in [4.69, 9.17) is 5.11 Å². The Balaban J connectivity index is 3.40. The number of carbonyl (C=O) groups is 1. The van der Waals surface area contributed by atoms with Crippen molar-refractivity contribution in [3.63, 3.8) is 0 Å². The van der Waals surface area contributed by atoms with Crippen molar-refractivity contribution < 1.29 is 19.9 Å². The number of aliphatic hydroxyl groups is 1. The smallest absolute Gasteiger partial charge is 0.337 e. The van der Waals surface area contributed by atoms with Crippen molar-refractivity contribution >= 4 is 11.7 Å². The predicted octanol–water partition coefficient (Wildman–Crippen LogP) is 1.33. The first-order valence-electron chi connectivity index (χ1n) is 4.51. The lowest BCUT2D eigenvalue weighted by Crippen LogP contribution is -2.13. The van der Waals surface area contributed by atoms with Gasteiger partial charge in [-0.2, -0.15) is 0 Å². The zero-order valence-corrected chi connectivity index (χ0v) is 8.80. The first-order valence-corrected chi connectivity index (χ1v) is 4.51. The summed E-state index contributed by atoms with van der Waals surface area (Å²) in [6, 6.07) is 2.77. The highest BCUT2D eigenvalue weighted by molar-refractivity contribution is 5.75. The second kappa shape index (κ2) is 4.28. The number of nitrogens with zero attached hydrogens (tertiary/aromatic N) is 1. The van der Waals surface area contributed by atoms with Gasteiger partial charge in [0.1, 0.15) is 0 Å². The van der Waals surface area contributed by atoms with Crippen molar-refractivity contribution in [1.29, 1.82) is 0 Å². The van der Waals surface area contributed by atoms with Gasteiger partial charge in [0.25, 0.3) is 5.69 Å². The monoisotopic (exact) mass is 225 g/mol. The van der Waals surface area contributed by atoms with Crippen LogP contribution in [0.2, 0.25) is 0 Å². The van der Waals surface area contributed by atoms with Gasteiger partial charge in [0.15, 0.2) is 6.10 Å². The van der Waals surface area contributed by atoms with E-state index in [0.29, 0.717) is 5.56 Å². The van der Waals surface area contributed by atoms with Crippen LogP contribution >= 0.6 is 0 Å². The van der Waals surface area contributed by atoms with Gasteiger partial charge in [-0.1, -0.05) is 6.07 Å². The van der Waals surface area contributed by atoms with E-state index < -0.39 is 17.0 Å². The Bertz CT molecular complexity index is 455. The lowest BCUT2D eigenvalue weighted by atomic mass is 9.99. The molecule has 86 valence electrons. The minimum atomic E-state index is -1.74. The van der Waals surface area contributed by atoms with Crippen molar-refractivity contribution in [3.8, 4) is 0 Å². The summed E-state index contributed by atoms with van der Waals surface area (Å²) in [6.45, 7) is 3.02. The molecule has 0 aliphatic rings. The highest BCUT2D eigenvalue weighted by Gasteiger charge is 2.23. The summed E-state index contributed by atoms with van der Waals surface area (Å²) in [5.74, 6) is -1.43. The molecule has 0 amide bonds. The molecule has 1 unspecified atom stereocenters. The molecule has 0 spiro atoms. The number of rotatable bonds is 3. The molecule has 0 aliphatic carbocycles. The minimum absolute atomic E-state index is 0.0548. The molecular weight excluding hydrogens is 214 g/mol. The van der Waals surface area contributed by atoms with Gasteiger partial charge in [0.05, 0.1) is 4.92 Å². The van der Waals surface area contributed by atoms with Gasteiger partial charge >= 0.3 is 5.97 Å². The third kappa shape index (κ3) is 2.17. The maximum atomic E-state index is 10.7. The quantitative estimate of drug-likeness (QED) is 0.597. The van der Waals surface area contributed by atoms with Gasteiger partial charge in [-0.05, 0) is 19.4 Å². The van der Waals surface area contributed by atoms with Gasteiger partial charge in [0, 0.05) is 17.2 Å². The van der Waals surface area contributed by atoms with Gasteiger partial charge in [-0.25, -0.2) is 4.79 Å². The molecule has 0 aromatic heterocycles. The first-order chi connectivity index (χ1) is 7.34. The number of benzene rings is 1. The zero-order chi connectivity index (χ0) is 12.5. The van der Waals surface area contributed by atoms with E-state index in [2.05, 4.69) is 0 Å². The number of nitro benzene ring substituents is 1. The van der Waals surface area contributed by atoms with Crippen LogP contribution < -0.4 is 0 Å². The van der Waals surface area contributed by atoms with Gasteiger partial charge in [-0.15, -0.1) is 0 Å². The maximum Gasteiger partial charge on any atom is 0.337 e. The van der Waals surface area contributed by atoms with Crippen LogP contribution in [0.25, 0.3) is 0 Å². The van der Waals surface area contributed by atoms with Crippen LogP contribution in [0.5, 0.6) is 0 Å². The molecule has 0 aliphatic heterocycles. The summed E-state index contributed by atoms with van der Waals surface area (Å²) >= 11 is 0. The highest BCUT2D eigenvalue weighted by atomic mass is 16.6. The van der Waals surface area contributed by atoms with E-state index in [1.165, 1.54) is 19.1 Å². The maximum absolute atomic E-state index is 10.7. The lowest BCUT2D eigenvalue weighted by Gasteiger charge is -2.10. The van der Waals surface area contributed by atoms with Crippen molar-refractivity contribution in [1.82, 2.24) is 0 Å². The van der Waals surface area contributed by atoms with E-state index in [9.17, 15) is 20.0 Å². The second-order valence-electron chi connectivity index (χ2n) is 3.50. The van der Waals surface area contributed by atoms with Crippen molar-refractivity contribution in [2.45, 2.75) is 20.0 Å². The molecule has 6 nitrogen and oxygen atoms in total. The summed E-state index contributed by atoms with van der Waals surface area (Å²) in [5, 5.41) is 28.7. The summed E-state index contributed by atoms with van der Waals surface area (Å²) in [4.78, 5) is 20.7. The first kappa shape index (κ1) is 12.1. The summed E-state index contributed by atoms with van der Waals surface area (Å²) in [5.41, 5.74) is 0.576. The Morgan fingerprint density at radius 2 is 2.00 bits per heavy atom. The number of aliphatic carboxylic acids is 1. The van der Waals surface area contributed by atoms with E-state index in [0.717, 1.165) is 0 Å². The van der Waals surface area contributed by atoms with E-state index in [1.807, 2.05) is 0 Å². The Labute approximate surface area is 91.3 Å². The van der Waals surface area contributed by atoms with Crippen molar-refractivity contribution in [2.75, 3.05) is 0 Å². The van der Waals surface area contributed by atoms with Crippen LogP contribution in [-0.2, 0) is 4.79 Å². The molecule has 0 heterocycles. The molecule has 2 N–H and O–H groups in total. The topological polar surface area (TPSA) is 101 Å². The number of nitro groups is 1. The molecule has 1 rings (SSSR count). The molecule has 6 heteroatoms. The van der Waals surface area contributed by atoms with Crippen LogP contribution in [0.4, 0.5) is 5.69 Å². The molecule has 1 aromatic rings. The molecule has 0 saturated heterocycles. The fourth-order valence-electron chi connectivity index (χ4n) is 1.47. The molecule has 1 aromatic carbocycles. The summed E-state index contributed by atoms with van der Waals surface area (Å²) in [6.07, 6.45) is -1.74. The Morgan fingerprint density at radius 3 is 2.44 bits per heavy atom. The highest BCUT2D eigenvalue weighted by Crippen LogP contribution is 2.28. The number of aliphatic hydroxyl groups excluding tert-OH is 1. The van der Waals surface area contributed by atoms with Crippen LogP contribution in [-0.4, -0.2) is 21.1 Å². The number of aryl methyl sites for hydroxylation is 1. The van der Waals surface area contributed by atoms with Crippen molar-refractivity contribution in [2.24, 2.45) is 0 Å². The molecule has 16 heavy (non-hydrogen) atoms. The number of hydrogen-bond donors (Lipinski definition) is 2. The van der Waals surface area contributed by atoms with Crippen LogP contribution in [0.15, 0.2) is 12.1 Å². The van der Waals surface area contributed by atoms with E-state index in [-0.39, 0.29) is 16.8 Å². The Morgan fingerprint density at radius 1 is 1.44 bits per heavy atom. The number of carboxylic acids is 1. The molecule has 0 fully saturated rings. The fraction of sp³-hybridized carbons (Fsp3) is 0.300. The standard InChI is InChI=1S/C10H11NO5/c1-5-3-7(9(12)10(13)14)6(2)8(4-5)11(15)16/h3-4,9,12H,1-2H3,(H,13,14). The summed E-state index contributed by atoms with van der Waals surface area (Å²) in [7, 11) is 0. The molecule has 0 radical (unpaired) electrons. The minimum Gasteiger partial charge on any atom is -0.479 e. The van der Waals surface area contributed by atoms with Crippen LogP contribution in [0.3, 0.4) is 0 Å². The van der Waals surface area contributed by atoms with Gasteiger partial charge in [-0.3, -0.25) is 10.1 Å². The van der Waals surface area contributed by atoms with Crippen LogP contribution in [0.1, 0.15) is 22.8 Å². The zero-order valence-electron chi connectivity index (χ0n) is 8.80. The fourth-order valence-corrected chi connectivity index (χ4v) is 1.47. The van der Waals surface area contributed by atoms with E-state index >= 15 is 0 Å². The molecule has 0 saturated carbocycles.